The smallest absolute Gasteiger partial charge is 0.203 e. The van der Waals surface area contributed by atoms with Gasteiger partial charge in [-0.05, 0) is 35.4 Å². The van der Waals surface area contributed by atoms with Gasteiger partial charge < -0.3 is 19.3 Å². The number of aliphatic hydroxyl groups excluding tert-OH is 1. The molecule has 0 aliphatic carbocycles. The zero-order chi connectivity index (χ0) is 15.4. The fourth-order valence-electron chi connectivity index (χ4n) is 2.13. The number of hydrogen-bond donors (Lipinski definition) is 1. The van der Waals surface area contributed by atoms with Crippen molar-refractivity contribution in [3.05, 3.63) is 52.5 Å². The highest BCUT2D eigenvalue weighted by molar-refractivity contribution is 6.30. The molecule has 0 heterocycles. The quantitative estimate of drug-likeness (QED) is 0.919. The maximum atomic E-state index is 10.5. The molecule has 0 saturated heterocycles. The summed E-state index contributed by atoms with van der Waals surface area (Å²) in [6, 6.07) is 10.5. The van der Waals surface area contributed by atoms with Crippen LogP contribution in [0.3, 0.4) is 0 Å². The van der Waals surface area contributed by atoms with Crippen LogP contribution in [0, 0.1) is 0 Å². The highest BCUT2D eigenvalue weighted by Crippen LogP contribution is 2.40. The van der Waals surface area contributed by atoms with Gasteiger partial charge in [0.1, 0.15) is 6.10 Å². The highest BCUT2D eigenvalue weighted by atomic mass is 35.5. The van der Waals surface area contributed by atoms with Gasteiger partial charge >= 0.3 is 0 Å². The summed E-state index contributed by atoms with van der Waals surface area (Å²) >= 11 is 5.96. The third-order valence-corrected chi connectivity index (χ3v) is 3.40. The molecular formula is C16H17ClO4. The fourth-order valence-corrected chi connectivity index (χ4v) is 2.33. The van der Waals surface area contributed by atoms with Crippen LogP contribution in [0.2, 0.25) is 5.02 Å². The summed E-state index contributed by atoms with van der Waals surface area (Å²) in [6.07, 6.45) is -0.836. The maximum Gasteiger partial charge on any atom is 0.203 e. The summed E-state index contributed by atoms with van der Waals surface area (Å²) in [5, 5.41) is 11.1. The van der Waals surface area contributed by atoms with Crippen molar-refractivity contribution < 1.29 is 19.3 Å². The van der Waals surface area contributed by atoms with Crippen LogP contribution in [0.1, 0.15) is 17.2 Å². The number of rotatable bonds is 5. The van der Waals surface area contributed by atoms with Crippen LogP contribution in [-0.4, -0.2) is 26.4 Å². The Kier molecular flexibility index (Phi) is 4.94. The molecule has 0 aromatic heterocycles. The standard InChI is InChI=1S/C16H17ClO4/c1-19-13-8-11(9-14(20-2)16(13)21-3)15(18)10-5-4-6-12(17)7-10/h4-9,15,18H,1-3H3. The average Bonchev–Trinajstić information content (AvgIpc) is 2.52. The van der Waals surface area contributed by atoms with Gasteiger partial charge in [0, 0.05) is 5.02 Å². The van der Waals surface area contributed by atoms with Gasteiger partial charge in [-0.1, -0.05) is 23.7 Å². The van der Waals surface area contributed by atoms with E-state index in [0.717, 1.165) is 0 Å². The van der Waals surface area contributed by atoms with Crippen LogP contribution in [0.5, 0.6) is 17.2 Å². The molecular weight excluding hydrogens is 292 g/mol. The Balaban J connectivity index is 2.48. The summed E-state index contributed by atoms with van der Waals surface area (Å²) in [4.78, 5) is 0. The highest BCUT2D eigenvalue weighted by Gasteiger charge is 2.18. The molecule has 2 aromatic rings. The first kappa shape index (κ1) is 15.5. The van der Waals surface area contributed by atoms with Crippen LogP contribution in [-0.2, 0) is 0 Å². The molecule has 112 valence electrons. The Morgan fingerprint density at radius 2 is 1.52 bits per heavy atom. The zero-order valence-electron chi connectivity index (χ0n) is 12.1. The lowest BCUT2D eigenvalue weighted by atomic mass is 10.0. The Labute approximate surface area is 128 Å². The van der Waals surface area contributed by atoms with Gasteiger partial charge in [-0.15, -0.1) is 0 Å². The third kappa shape index (κ3) is 3.23. The molecule has 1 unspecified atom stereocenters. The van der Waals surface area contributed by atoms with Crippen LogP contribution in [0.4, 0.5) is 0 Å². The van der Waals surface area contributed by atoms with E-state index in [4.69, 9.17) is 25.8 Å². The largest absolute Gasteiger partial charge is 0.493 e. The topological polar surface area (TPSA) is 47.9 Å². The van der Waals surface area contributed by atoms with Crippen LogP contribution in [0.15, 0.2) is 36.4 Å². The van der Waals surface area contributed by atoms with Crippen molar-refractivity contribution in [3.8, 4) is 17.2 Å². The first-order valence-electron chi connectivity index (χ1n) is 6.34. The van der Waals surface area contributed by atoms with Crippen LogP contribution in [0.25, 0.3) is 0 Å². The van der Waals surface area contributed by atoms with Gasteiger partial charge in [0.05, 0.1) is 21.3 Å². The minimum Gasteiger partial charge on any atom is -0.493 e. The maximum absolute atomic E-state index is 10.5. The Hall–Kier alpha value is -1.91. The van der Waals surface area contributed by atoms with E-state index in [1.807, 2.05) is 0 Å². The van der Waals surface area contributed by atoms with Gasteiger partial charge in [0.25, 0.3) is 0 Å². The molecule has 2 aromatic carbocycles. The first-order chi connectivity index (χ1) is 10.1. The second kappa shape index (κ2) is 6.70. The molecule has 0 amide bonds. The second-order valence-electron chi connectivity index (χ2n) is 4.42. The summed E-state index contributed by atoms with van der Waals surface area (Å²) < 4.78 is 15.8. The lowest BCUT2D eigenvalue weighted by molar-refractivity contribution is 0.218. The first-order valence-corrected chi connectivity index (χ1v) is 6.72. The van der Waals surface area contributed by atoms with Gasteiger partial charge in [-0.2, -0.15) is 0 Å². The second-order valence-corrected chi connectivity index (χ2v) is 4.85. The molecule has 4 nitrogen and oxygen atoms in total. The van der Waals surface area contributed by atoms with Crippen molar-refractivity contribution in [1.29, 1.82) is 0 Å². The zero-order valence-corrected chi connectivity index (χ0v) is 12.8. The molecule has 0 aliphatic rings. The molecule has 21 heavy (non-hydrogen) atoms. The Morgan fingerprint density at radius 3 is 2.00 bits per heavy atom. The summed E-state index contributed by atoms with van der Waals surface area (Å²) in [5.41, 5.74) is 1.32. The molecule has 0 aliphatic heterocycles. The molecule has 2 rings (SSSR count). The van der Waals surface area contributed by atoms with Crippen molar-refractivity contribution in [1.82, 2.24) is 0 Å². The molecule has 0 bridgehead atoms. The van der Waals surface area contributed by atoms with Gasteiger partial charge in [-0.25, -0.2) is 0 Å². The molecule has 0 fully saturated rings. The van der Waals surface area contributed by atoms with E-state index in [-0.39, 0.29) is 0 Å². The number of hydrogen-bond acceptors (Lipinski definition) is 4. The monoisotopic (exact) mass is 308 g/mol. The van der Waals surface area contributed by atoms with E-state index in [2.05, 4.69) is 0 Å². The normalized spacial score (nSPS) is 11.9. The fraction of sp³-hybridized carbons (Fsp3) is 0.250. The van der Waals surface area contributed by atoms with Crippen molar-refractivity contribution in [3.63, 3.8) is 0 Å². The molecule has 1 N–H and O–H groups in total. The average molecular weight is 309 g/mol. The van der Waals surface area contributed by atoms with Crippen LogP contribution < -0.4 is 14.2 Å². The van der Waals surface area contributed by atoms with Gasteiger partial charge in [-0.3, -0.25) is 0 Å². The van der Waals surface area contributed by atoms with Crippen molar-refractivity contribution in [2.45, 2.75) is 6.10 Å². The minimum atomic E-state index is -0.836. The summed E-state index contributed by atoms with van der Waals surface area (Å²) in [5.74, 6) is 1.47. The lowest BCUT2D eigenvalue weighted by Crippen LogP contribution is -2.03. The minimum absolute atomic E-state index is 0.488. The van der Waals surface area contributed by atoms with E-state index in [0.29, 0.717) is 33.4 Å². The Bertz CT molecular complexity index is 602. The molecule has 0 spiro atoms. The van der Waals surface area contributed by atoms with Crippen molar-refractivity contribution >= 4 is 11.6 Å². The SMILES string of the molecule is COc1cc(C(O)c2cccc(Cl)c2)cc(OC)c1OC. The van der Waals surface area contributed by atoms with E-state index >= 15 is 0 Å². The van der Waals surface area contributed by atoms with E-state index in [1.54, 1.807) is 36.4 Å². The molecule has 0 saturated carbocycles. The van der Waals surface area contributed by atoms with E-state index in [1.165, 1.54) is 21.3 Å². The lowest BCUT2D eigenvalue weighted by Gasteiger charge is -2.17. The van der Waals surface area contributed by atoms with Crippen molar-refractivity contribution in [2.75, 3.05) is 21.3 Å². The van der Waals surface area contributed by atoms with E-state index in [9.17, 15) is 5.11 Å². The Morgan fingerprint density at radius 1 is 0.905 bits per heavy atom. The molecule has 5 heteroatoms. The number of methoxy groups -OCH3 is 3. The third-order valence-electron chi connectivity index (χ3n) is 3.17. The summed E-state index contributed by atoms with van der Waals surface area (Å²) in [6.45, 7) is 0. The number of ether oxygens (including phenoxy) is 3. The van der Waals surface area contributed by atoms with E-state index < -0.39 is 6.10 Å². The number of benzene rings is 2. The predicted octanol–water partition coefficient (Wildman–Crippen LogP) is 3.45. The number of halogens is 1. The van der Waals surface area contributed by atoms with Crippen LogP contribution >= 0.6 is 11.6 Å². The predicted molar refractivity (Wildman–Crippen MR) is 81.6 cm³/mol. The molecule has 1 atom stereocenters. The molecule has 0 radical (unpaired) electrons. The van der Waals surface area contributed by atoms with Gasteiger partial charge in [0.2, 0.25) is 5.75 Å². The van der Waals surface area contributed by atoms with Gasteiger partial charge in [0.15, 0.2) is 11.5 Å². The van der Waals surface area contributed by atoms with Crippen molar-refractivity contribution in [2.24, 2.45) is 0 Å². The summed E-state index contributed by atoms with van der Waals surface area (Å²) in [7, 11) is 4.60. The number of aliphatic hydroxyl groups is 1.